The van der Waals surface area contributed by atoms with Crippen molar-refractivity contribution >= 4 is 5.97 Å². The maximum Gasteiger partial charge on any atom is 0.313 e. The van der Waals surface area contributed by atoms with Gasteiger partial charge in [-0.25, -0.2) is 0 Å². The zero-order valence-corrected chi connectivity index (χ0v) is 10.4. The van der Waals surface area contributed by atoms with E-state index in [2.05, 4.69) is 5.32 Å². The Bertz CT molecular complexity index is 212. The van der Waals surface area contributed by atoms with E-state index in [0.717, 1.165) is 38.8 Å². The third-order valence-corrected chi connectivity index (χ3v) is 3.18. The number of carbonyl (C=O) groups excluding carboxylic acids is 1. The first-order valence-electron chi connectivity index (χ1n) is 6.12. The molecule has 16 heavy (non-hydrogen) atoms. The zero-order chi connectivity index (χ0) is 11.9. The van der Waals surface area contributed by atoms with Crippen LogP contribution in [0.2, 0.25) is 0 Å². The van der Waals surface area contributed by atoms with Crippen molar-refractivity contribution in [3.8, 4) is 0 Å². The monoisotopic (exact) mass is 229 g/mol. The van der Waals surface area contributed by atoms with Crippen LogP contribution < -0.4 is 5.32 Å². The predicted octanol–water partition coefficient (Wildman–Crippen LogP) is 1.35. The van der Waals surface area contributed by atoms with Gasteiger partial charge in [0.15, 0.2) is 0 Å². The molecule has 1 fully saturated rings. The largest absolute Gasteiger partial charge is 0.466 e. The molecule has 1 aliphatic heterocycles. The lowest BCUT2D eigenvalue weighted by molar-refractivity contribution is -0.157. The van der Waals surface area contributed by atoms with E-state index >= 15 is 0 Å². The topological polar surface area (TPSA) is 47.6 Å². The Balaban J connectivity index is 2.55. The van der Waals surface area contributed by atoms with Crippen LogP contribution in [0.1, 0.15) is 32.6 Å². The van der Waals surface area contributed by atoms with E-state index in [4.69, 9.17) is 9.47 Å². The lowest BCUT2D eigenvalue weighted by atomic mass is 9.77. The van der Waals surface area contributed by atoms with Crippen LogP contribution >= 0.6 is 0 Å². The van der Waals surface area contributed by atoms with Crippen molar-refractivity contribution in [1.82, 2.24) is 5.32 Å². The Morgan fingerprint density at radius 3 is 2.88 bits per heavy atom. The van der Waals surface area contributed by atoms with Crippen LogP contribution in [0.15, 0.2) is 0 Å². The number of esters is 1. The Kier molecular flexibility index (Phi) is 5.77. The summed E-state index contributed by atoms with van der Waals surface area (Å²) in [5.41, 5.74) is -0.313. The number of rotatable bonds is 6. The average Bonchev–Trinajstić information content (AvgIpc) is 2.31. The Morgan fingerprint density at radius 2 is 2.31 bits per heavy atom. The van der Waals surface area contributed by atoms with Crippen molar-refractivity contribution in [2.45, 2.75) is 32.6 Å². The standard InChI is InChI=1S/C12H23NO3/c1-3-16-11(14)12(7-5-9-15-2)6-4-8-13-10-12/h13H,3-10H2,1-2H3. The fourth-order valence-electron chi connectivity index (χ4n) is 2.30. The molecule has 4 heteroatoms. The molecule has 0 amide bonds. The molecule has 1 heterocycles. The highest BCUT2D eigenvalue weighted by Gasteiger charge is 2.40. The first kappa shape index (κ1) is 13.5. The fraction of sp³-hybridized carbons (Fsp3) is 0.917. The predicted molar refractivity (Wildman–Crippen MR) is 62.3 cm³/mol. The van der Waals surface area contributed by atoms with Crippen LogP contribution in [0.4, 0.5) is 0 Å². The molecule has 4 nitrogen and oxygen atoms in total. The van der Waals surface area contributed by atoms with Gasteiger partial charge in [-0.3, -0.25) is 4.79 Å². The Labute approximate surface area is 97.7 Å². The molecule has 0 aromatic heterocycles. The number of hydrogen-bond donors (Lipinski definition) is 1. The van der Waals surface area contributed by atoms with Crippen molar-refractivity contribution in [3.05, 3.63) is 0 Å². The van der Waals surface area contributed by atoms with Crippen LogP contribution in [0.3, 0.4) is 0 Å². The number of nitrogens with one attached hydrogen (secondary N) is 1. The van der Waals surface area contributed by atoms with Gasteiger partial charge in [0.2, 0.25) is 0 Å². The van der Waals surface area contributed by atoms with Gasteiger partial charge in [0.25, 0.3) is 0 Å². The molecule has 1 unspecified atom stereocenters. The summed E-state index contributed by atoms with van der Waals surface area (Å²) >= 11 is 0. The van der Waals surface area contributed by atoms with Crippen molar-refractivity contribution in [2.75, 3.05) is 33.4 Å². The van der Waals surface area contributed by atoms with Gasteiger partial charge in [-0.1, -0.05) is 0 Å². The van der Waals surface area contributed by atoms with Crippen LogP contribution in [0.5, 0.6) is 0 Å². The van der Waals surface area contributed by atoms with E-state index in [9.17, 15) is 4.79 Å². The van der Waals surface area contributed by atoms with Crippen LogP contribution in [-0.4, -0.2) is 39.4 Å². The SMILES string of the molecule is CCOC(=O)C1(CCCOC)CCCNC1. The van der Waals surface area contributed by atoms with E-state index in [1.807, 2.05) is 6.92 Å². The van der Waals surface area contributed by atoms with E-state index in [-0.39, 0.29) is 11.4 Å². The van der Waals surface area contributed by atoms with Crippen molar-refractivity contribution in [1.29, 1.82) is 0 Å². The van der Waals surface area contributed by atoms with E-state index in [1.54, 1.807) is 7.11 Å². The second-order valence-corrected chi connectivity index (χ2v) is 4.38. The van der Waals surface area contributed by atoms with Gasteiger partial charge in [-0.15, -0.1) is 0 Å². The molecule has 0 radical (unpaired) electrons. The van der Waals surface area contributed by atoms with Gasteiger partial charge in [0.05, 0.1) is 12.0 Å². The van der Waals surface area contributed by atoms with Gasteiger partial charge >= 0.3 is 5.97 Å². The minimum absolute atomic E-state index is 0.0432. The summed E-state index contributed by atoms with van der Waals surface area (Å²) in [5, 5.41) is 3.30. The molecule has 1 aliphatic rings. The molecule has 0 aliphatic carbocycles. The van der Waals surface area contributed by atoms with Crippen molar-refractivity contribution < 1.29 is 14.3 Å². The van der Waals surface area contributed by atoms with Crippen molar-refractivity contribution in [2.24, 2.45) is 5.41 Å². The average molecular weight is 229 g/mol. The molecule has 0 aromatic rings. The smallest absolute Gasteiger partial charge is 0.313 e. The van der Waals surface area contributed by atoms with Crippen LogP contribution in [-0.2, 0) is 14.3 Å². The molecular weight excluding hydrogens is 206 g/mol. The summed E-state index contributed by atoms with van der Waals surface area (Å²) in [6, 6.07) is 0. The second kappa shape index (κ2) is 6.86. The molecule has 1 N–H and O–H groups in total. The maximum absolute atomic E-state index is 12.0. The highest BCUT2D eigenvalue weighted by Crippen LogP contribution is 2.33. The first-order chi connectivity index (χ1) is 7.75. The molecule has 1 atom stereocenters. The summed E-state index contributed by atoms with van der Waals surface area (Å²) in [5.74, 6) is -0.0432. The third kappa shape index (κ3) is 3.46. The van der Waals surface area contributed by atoms with Crippen molar-refractivity contribution in [3.63, 3.8) is 0 Å². The number of hydrogen-bond acceptors (Lipinski definition) is 4. The first-order valence-corrected chi connectivity index (χ1v) is 6.12. The second-order valence-electron chi connectivity index (χ2n) is 4.38. The zero-order valence-electron chi connectivity index (χ0n) is 10.4. The van der Waals surface area contributed by atoms with Gasteiger partial charge in [0.1, 0.15) is 0 Å². The molecule has 0 saturated carbocycles. The van der Waals surface area contributed by atoms with E-state index in [1.165, 1.54) is 0 Å². The summed E-state index contributed by atoms with van der Waals surface area (Å²) < 4.78 is 10.2. The summed E-state index contributed by atoms with van der Waals surface area (Å²) in [6.45, 7) is 4.78. The van der Waals surface area contributed by atoms with E-state index < -0.39 is 0 Å². The number of ether oxygens (including phenoxy) is 2. The minimum Gasteiger partial charge on any atom is -0.466 e. The molecule has 1 saturated heterocycles. The lowest BCUT2D eigenvalue weighted by Crippen LogP contribution is -2.46. The number of carbonyl (C=O) groups is 1. The fourth-order valence-corrected chi connectivity index (χ4v) is 2.30. The summed E-state index contributed by atoms with van der Waals surface area (Å²) in [7, 11) is 1.69. The van der Waals surface area contributed by atoms with Gasteiger partial charge in [0, 0.05) is 20.3 Å². The third-order valence-electron chi connectivity index (χ3n) is 3.18. The Hall–Kier alpha value is -0.610. The highest BCUT2D eigenvalue weighted by atomic mass is 16.5. The summed E-state index contributed by atoms with van der Waals surface area (Å²) in [6.07, 6.45) is 3.75. The molecule has 94 valence electrons. The molecule has 0 aromatic carbocycles. The molecule has 1 rings (SSSR count). The quantitative estimate of drug-likeness (QED) is 0.551. The van der Waals surface area contributed by atoms with Gasteiger partial charge in [-0.05, 0) is 39.2 Å². The Morgan fingerprint density at radius 1 is 1.50 bits per heavy atom. The van der Waals surface area contributed by atoms with Crippen LogP contribution in [0, 0.1) is 5.41 Å². The minimum atomic E-state index is -0.313. The molecular formula is C12H23NO3. The highest BCUT2D eigenvalue weighted by molar-refractivity contribution is 5.77. The lowest BCUT2D eigenvalue weighted by Gasteiger charge is -2.35. The van der Waals surface area contributed by atoms with Gasteiger partial charge in [-0.2, -0.15) is 0 Å². The molecule has 0 spiro atoms. The van der Waals surface area contributed by atoms with E-state index in [0.29, 0.717) is 13.2 Å². The van der Waals surface area contributed by atoms with Gasteiger partial charge < -0.3 is 14.8 Å². The summed E-state index contributed by atoms with van der Waals surface area (Å²) in [4.78, 5) is 12.0. The normalized spacial score (nSPS) is 25.4. The molecule has 0 bridgehead atoms. The maximum atomic E-state index is 12.0. The number of methoxy groups -OCH3 is 1. The number of piperidine rings is 1. The van der Waals surface area contributed by atoms with Crippen LogP contribution in [0.25, 0.3) is 0 Å².